The summed E-state index contributed by atoms with van der Waals surface area (Å²) in [6.07, 6.45) is 5.42. The molecule has 4 heterocycles. The van der Waals surface area contributed by atoms with Crippen molar-refractivity contribution >= 4 is 28.6 Å². The van der Waals surface area contributed by atoms with Crippen molar-refractivity contribution in [3.63, 3.8) is 0 Å². The van der Waals surface area contributed by atoms with Crippen LogP contribution in [0.3, 0.4) is 0 Å². The highest BCUT2D eigenvalue weighted by atomic mass is 19.1. The topological polar surface area (TPSA) is 126 Å². The van der Waals surface area contributed by atoms with Crippen molar-refractivity contribution < 1.29 is 19.0 Å². The van der Waals surface area contributed by atoms with Gasteiger partial charge in [0.1, 0.15) is 23.3 Å². The minimum atomic E-state index is -0.776. The Kier molecular flexibility index (Phi) is 6.27. The molecule has 2 aliphatic heterocycles. The molecule has 42 heavy (non-hydrogen) atoms. The fraction of sp³-hybridized carbons (Fsp3) is 0.375. The largest absolute Gasteiger partial charge is 0.480 e. The van der Waals surface area contributed by atoms with Crippen molar-refractivity contribution in [1.29, 1.82) is 0 Å². The number of aryl methyl sites for hydroxylation is 1. The monoisotopic (exact) mass is 568 g/mol. The number of nitrogens with two attached hydrogens (primary N) is 1. The molecule has 0 radical (unpaired) electrons. The number of rotatable bonds is 6. The molecule has 2 aromatic carbocycles. The molecule has 3 fully saturated rings. The van der Waals surface area contributed by atoms with E-state index in [4.69, 9.17) is 10.5 Å². The highest BCUT2D eigenvalue weighted by Gasteiger charge is 2.49. The van der Waals surface area contributed by atoms with E-state index in [2.05, 4.69) is 50.3 Å². The van der Waals surface area contributed by atoms with E-state index < -0.39 is 17.6 Å². The van der Waals surface area contributed by atoms with Crippen LogP contribution in [0.4, 0.5) is 16.2 Å². The number of carboxylic acids is 1. The van der Waals surface area contributed by atoms with Gasteiger partial charge in [0.2, 0.25) is 11.8 Å². The van der Waals surface area contributed by atoms with E-state index in [-0.39, 0.29) is 17.2 Å². The molecule has 2 aromatic heterocycles. The number of benzene rings is 2. The summed E-state index contributed by atoms with van der Waals surface area (Å²) in [6, 6.07) is 15.1. The van der Waals surface area contributed by atoms with E-state index in [9.17, 15) is 14.3 Å². The van der Waals surface area contributed by atoms with E-state index in [1.54, 1.807) is 0 Å². The van der Waals surface area contributed by atoms with Gasteiger partial charge in [0, 0.05) is 31.1 Å². The highest BCUT2D eigenvalue weighted by molar-refractivity contribution is 5.84. The number of hydrogen-bond acceptors (Lipinski definition) is 8. The summed E-state index contributed by atoms with van der Waals surface area (Å²) in [5, 5.41) is 13.3. The van der Waals surface area contributed by atoms with Crippen LogP contribution in [0, 0.1) is 18.2 Å². The van der Waals surface area contributed by atoms with Gasteiger partial charge in [0.05, 0.1) is 11.7 Å². The van der Waals surface area contributed by atoms with E-state index in [1.165, 1.54) is 12.3 Å². The van der Waals surface area contributed by atoms with Crippen molar-refractivity contribution in [3.8, 4) is 17.0 Å². The number of pyridine rings is 1. The number of anilines is 2. The lowest BCUT2D eigenvalue weighted by Gasteiger charge is -2.39. The van der Waals surface area contributed by atoms with Gasteiger partial charge in [-0.1, -0.05) is 24.3 Å². The maximum Gasteiger partial charge on any atom is 0.320 e. The molecule has 216 valence electrons. The van der Waals surface area contributed by atoms with Crippen LogP contribution in [0.15, 0.2) is 54.7 Å². The van der Waals surface area contributed by atoms with E-state index >= 15 is 0 Å². The summed E-state index contributed by atoms with van der Waals surface area (Å²) in [4.78, 5) is 26.7. The molecule has 9 nitrogen and oxygen atoms in total. The number of carboxylic acid groups (broad SMARTS) is 1. The number of nitrogen functional groups attached to an aromatic ring is 1. The van der Waals surface area contributed by atoms with Gasteiger partial charge in [-0.3, -0.25) is 9.78 Å². The van der Waals surface area contributed by atoms with Crippen LogP contribution in [-0.2, 0) is 10.4 Å². The Bertz CT molecular complexity index is 1700. The Morgan fingerprint density at radius 1 is 1.07 bits per heavy atom. The number of fused-ring (bicyclic) bond motifs is 1. The van der Waals surface area contributed by atoms with Crippen LogP contribution in [0.1, 0.15) is 43.2 Å². The van der Waals surface area contributed by atoms with Crippen LogP contribution in [0.5, 0.6) is 5.88 Å². The van der Waals surface area contributed by atoms with Gasteiger partial charge in [0.15, 0.2) is 0 Å². The second-order valence-electron chi connectivity index (χ2n) is 12.1. The van der Waals surface area contributed by atoms with Crippen molar-refractivity contribution in [2.24, 2.45) is 5.41 Å². The quantitative estimate of drug-likeness (QED) is 0.300. The summed E-state index contributed by atoms with van der Waals surface area (Å²) in [5.74, 6) is 0.231. The maximum absolute atomic E-state index is 13.7. The number of ether oxygens (including phenoxy) is 1. The van der Waals surface area contributed by atoms with Crippen LogP contribution >= 0.6 is 0 Å². The molecule has 0 bridgehead atoms. The predicted octanol–water partition coefficient (Wildman–Crippen LogP) is 4.82. The molecule has 7 rings (SSSR count). The van der Waals surface area contributed by atoms with Gasteiger partial charge in [-0.2, -0.15) is 9.97 Å². The van der Waals surface area contributed by atoms with Crippen molar-refractivity contribution in [2.75, 3.05) is 30.3 Å². The number of carbonyl (C=O) groups is 1. The molecule has 1 spiro atoms. The molecule has 2 saturated heterocycles. The molecular weight excluding hydrogens is 535 g/mol. The molecule has 1 saturated carbocycles. The standard InChI is InChI=1S/C32H33FN6O3/c1-19-12-20(21-3-5-25-22(13-21)14-23(33)17-35-25)2-4-24(19)32(6-7-32)42-28-15-27(37-30(34)38-28)39-10-8-31(9-11-39)16-26(29(40)41)36-18-31/h2-5,12-15,17,26,36H,6-11,16,18H2,1H3,(H,40,41)(H2,34,37,38)/t26-/m0/s1. The first-order chi connectivity index (χ1) is 20.2. The minimum absolute atomic E-state index is 0.0130. The van der Waals surface area contributed by atoms with E-state index in [1.807, 2.05) is 24.3 Å². The number of halogens is 1. The van der Waals surface area contributed by atoms with Gasteiger partial charge in [-0.15, -0.1) is 0 Å². The Morgan fingerprint density at radius 3 is 2.55 bits per heavy atom. The first kappa shape index (κ1) is 26.6. The lowest BCUT2D eigenvalue weighted by Crippen LogP contribution is -2.41. The maximum atomic E-state index is 13.7. The average molecular weight is 569 g/mol. The summed E-state index contributed by atoms with van der Waals surface area (Å²) < 4.78 is 20.3. The molecular formula is C32H33FN6O3. The zero-order chi connectivity index (χ0) is 29.1. The molecule has 1 aliphatic carbocycles. The highest BCUT2D eigenvalue weighted by Crippen LogP contribution is 2.51. The first-order valence-corrected chi connectivity index (χ1v) is 14.4. The SMILES string of the molecule is Cc1cc(-c2ccc3ncc(F)cc3c2)ccc1C1(Oc2cc(N3CCC4(CC3)CN[C@H](C(=O)O)C4)nc(N)n2)CC1. The summed E-state index contributed by atoms with van der Waals surface area (Å²) in [7, 11) is 0. The van der Waals surface area contributed by atoms with Gasteiger partial charge in [-0.25, -0.2) is 4.39 Å². The number of aliphatic carboxylic acids is 1. The van der Waals surface area contributed by atoms with Crippen molar-refractivity contribution in [2.45, 2.75) is 50.7 Å². The lowest BCUT2D eigenvalue weighted by molar-refractivity contribution is -0.139. The second-order valence-corrected chi connectivity index (χ2v) is 12.1. The van der Waals surface area contributed by atoms with Crippen molar-refractivity contribution in [1.82, 2.24) is 20.3 Å². The summed E-state index contributed by atoms with van der Waals surface area (Å²) >= 11 is 0. The number of nitrogens with zero attached hydrogens (tertiary/aromatic N) is 4. The third kappa shape index (κ3) is 4.89. The van der Waals surface area contributed by atoms with Crippen LogP contribution < -0.4 is 20.7 Å². The third-order valence-corrected chi connectivity index (χ3v) is 9.22. The second kappa shape index (κ2) is 9.90. The smallest absolute Gasteiger partial charge is 0.320 e. The predicted molar refractivity (Wildman–Crippen MR) is 158 cm³/mol. The zero-order valence-corrected chi connectivity index (χ0v) is 23.4. The van der Waals surface area contributed by atoms with Gasteiger partial charge in [-0.05, 0) is 84.9 Å². The van der Waals surface area contributed by atoms with Crippen LogP contribution in [-0.4, -0.2) is 51.7 Å². The lowest BCUT2D eigenvalue weighted by atomic mass is 9.76. The molecule has 3 aliphatic rings. The van der Waals surface area contributed by atoms with Crippen LogP contribution in [0.2, 0.25) is 0 Å². The first-order valence-electron chi connectivity index (χ1n) is 14.4. The molecule has 0 unspecified atom stereocenters. The zero-order valence-electron chi connectivity index (χ0n) is 23.4. The normalized spacial score (nSPS) is 20.6. The molecule has 0 amide bonds. The fourth-order valence-corrected chi connectivity index (χ4v) is 6.71. The minimum Gasteiger partial charge on any atom is -0.480 e. The number of aromatic nitrogens is 3. The van der Waals surface area contributed by atoms with Gasteiger partial charge >= 0.3 is 5.97 Å². The molecule has 4 aromatic rings. The Morgan fingerprint density at radius 2 is 1.83 bits per heavy atom. The Labute approximate surface area is 242 Å². The average Bonchev–Trinajstić information content (AvgIpc) is 3.62. The third-order valence-electron chi connectivity index (χ3n) is 9.22. The summed E-state index contributed by atoms with van der Waals surface area (Å²) in [6.45, 7) is 4.36. The van der Waals surface area contributed by atoms with E-state index in [0.717, 1.165) is 84.3 Å². The molecule has 10 heteroatoms. The number of piperidine rings is 1. The Hall–Kier alpha value is -4.31. The van der Waals surface area contributed by atoms with Crippen LogP contribution in [0.25, 0.3) is 22.0 Å². The fourth-order valence-electron chi connectivity index (χ4n) is 6.71. The number of nitrogens with one attached hydrogen (secondary N) is 1. The number of hydrogen-bond donors (Lipinski definition) is 3. The van der Waals surface area contributed by atoms with Crippen molar-refractivity contribution in [3.05, 3.63) is 71.7 Å². The Balaban J connectivity index is 1.08. The molecule has 4 N–H and O–H groups in total. The molecule has 1 atom stereocenters. The van der Waals surface area contributed by atoms with Gasteiger partial charge < -0.3 is 25.8 Å². The van der Waals surface area contributed by atoms with Gasteiger partial charge in [0.25, 0.3) is 0 Å². The van der Waals surface area contributed by atoms with E-state index in [0.29, 0.717) is 12.3 Å². The summed E-state index contributed by atoms with van der Waals surface area (Å²) in [5.41, 5.74) is 10.7.